The normalized spacial score (nSPS) is 14.0. The van der Waals surface area contributed by atoms with Crippen molar-refractivity contribution in [2.75, 3.05) is 13.2 Å². The van der Waals surface area contributed by atoms with Gasteiger partial charge in [0.2, 0.25) is 5.91 Å². The number of thiophene rings is 1. The van der Waals surface area contributed by atoms with Crippen LogP contribution in [0.1, 0.15) is 44.6 Å². The molecule has 6 nitrogen and oxygen atoms in total. The molecule has 1 aliphatic rings. The van der Waals surface area contributed by atoms with Crippen molar-refractivity contribution in [3.63, 3.8) is 0 Å². The summed E-state index contributed by atoms with van der Waals surface area (Å²) in [5.41, 5.74) is 1.82. The molecule has 8 heteroatoms. The van der Waals surface area contributed by atoms with Crippen molar-refractivity contribution >= 4 is 39.2 Å². The van der Waals surface area contributed by atoms with Crippen LogP contribution in [-0.2, 0) is 17.6 Å². The molecule has 0 radical (unpaired) electrons. The molecule has 3 aromatic rings. The SMILES string of the molecule is CCOc1ccc(-n2c(SC(C)C(=O)NCC(C)C)nc3sc4c(c3c2=O)CCC4)cc1. The summed E-state index contributed by atoms with van der Waals surface area (Å²) in [6.07, 6.45) is 3.02. The van der Waals surface area contributed by atoms with Gasteiger partial charge in [-0.1, -0.05) is 25.6 Å². The number of hydrogen-bond acceptors (Lipinski definition) is 6. The summed E-state index contributed by atoms with van der Waals surface area (Å²) >= 11 is 2.94. The summed E-state index contributed by atoms with van der Waals surface area (Å²) in [5.74, 6) is 1.08. The van der Waals surface area contributed by atoms with E-state index in [1.165, 1.54) is 16.6 Å². The molecular formula is C24H29N3O3S2. The number of fused-ring (bicyclic) bond motifs is 3. The van der Waals surface area contributed by atoms with Crippen LogP contribution in [-0.4, -0.2) is 33.9 Å². The molecule has 1 atom stereocenters. The van der Waals surface area contributed by atoms with E-state index in [0.29, 0.717) is 24.2 Å². The topological polar surface area (TPSA) is 73.2 Å². The first-order valence-electron chi connectivity index (χ1n) is 11.1. The molecule has 1 aliphatic carbocycles. The van der Waals surface area contributed by atoms with Gasteiger partial charge in [0.1, 0.15) is 10.6 Å². The van der Waals surface area contributed by atoms with E-state index in [9.17, 15) is 9.59 Å². The van der Waals surface area contributed by atoms with Crippen LogP contribution in [0.15, 0.2) is 34.2 Å². The predicted molar refractivity (Wildman–Crippen MR) is 132 cm³/mol. The zero-order valence-corrected chi connectivity index (χ0v) is 20.6. The van der Waals surface area contributed by atoms with E-state index in [1.54, 1.807) is 15.9 Å². The lowest BCUT2D eigenvalue weighted by Crippen LogP contribution is -2.34. The van der Waals surface area contributed by atoms with Crippen molar-refractivity contribution < 1.29 is 9.53 Å². The van der Waals surface area contributed by atoms with Gasteiger partial charge in [-0.3, -0.25) is 14.2 Å². The monoisotopic (exact) mass is 471 g/mol. The van der Waals surface area contributed by atoms with E-state index in [4.69, 9.17) is 9.72 Å². The van der Waals surface area contributed by atoms with Gasteiger partial charge in [-0.25, -0.2) is 4.98 Å². The molecule has 170 valence electrons. The Morgan fingerprint density at radius 2 is 2.00 bits per heavy atom. The first-order chi connectivity index (χ1) is 15.4. The number of rotatable bonds is 8. The fraction of sp³-hybridized carbons (Fsp3) is 0.458. The summed E-state index contributed by atoms with van der Waals surface area (Å²) in [4.78, 5) is 33.3. The molecule has 0 spiro atoms. The zero-order chi connectivity index (χ0) is 22.8. The molecular weight excluding hydrogens is 442 g/mol. The van der Waals surface area contributed by atoms with E-state index in [-0.39, 0.29) is 16.7 Å². The fourth-order valence-corrected chi connectivity index (χ4v) is 6.10. The Kier molecular flexibility index (Phi) is 6.90. The van der Waals surface area contributed by atoms with Crippen molar-refractivity contribution in [1.82, 2.24) is 14.9 Å². The van der Waals surface area contributed by atoms with E-state index in [1.807, 2.05) is 38.1 Å². The van der Waals surface area contributed by atoms with Gasteiger partial charge >= 0.3 is 0 Å². The molecule has 32 heavy (non-hydrogen) atoms. The van der Waals surface area contributed by atoms with E-state index < -0.39 is 0 Å². The van der Waals surface area contributed by atoms with Crippen LogP contribution < -0.4 is 15.6 Å². The summed E-state index contributed by atoms with van der Waals surface area (Å²) < 4.78 is 7.21. The lowest BCUT2D eigenvalue weighted by atomic mass is 10.2. The smallest absolute Gasteiger partial charge is 0.267 e. The Labute approximate surface area is 196 Å². The van der Waals surface area contributed by atoms with Gasteiger partial charge in [0.15, 0.2) is 5.16 Å². The van der Waals surface area contributed by atoms with Crippen LogP contribution >= 0.6 is 23.1 Å². The van der Waals surface area contributed by atoms with E-state index >= 15 is 0 Å². The third-order valence-electron chi connectivity index (χ3n) is 5.45. The number of nitrogens with zero attached hydrogens (tertiary/aromatic N) is 2. The van der Waals surface area contributed by atoms with Crippen molar-refractivity contribution in [2.24, 2.45) is 5.92 Å². The van der Waals surface area contributed by atoms with Gasteiger partial charge in [0.25, 0.3) is 5.56 Å². The van der Waals surface area contributed by atoms with E-state index in [2.05, 4.69) is 19.2 Å². The highest BCUT2D eigenvalue weighted by Gasteiger charge is 2.25. The highest BCUT2D eigenvalue weighted by atomic mass is 32.2. The number of amides is 1. The molecule has 0 fully saturated rings. The number of ether oxygens (including phenoxy) is 1. The minimum atomic E-state index is -0.376. The second-order valence-electron chi connectivity index (χ2n) is 8.40. The Hall–Kier alpha value is -2.32. The Morgan fingerprint density at radius 1 is 1.25 bits per heavy atom. The molecule has 4 rings (SSSR count). The van der Waals surface area contributed by atoms with Gasteiger partial charge in [0.05, 0.1) is 22.9 Å². The minimum absolute atomic E-state index is 0.0510. The van der Waals surface area contributed by atoms with Gasteiger partial charge in [-0.05, 0) is 68.9 Å². The summed E-state index contributed by atoms with van der Waals surface area (Å²) in [6.45, 7) is 9.12. The van der Waals surface area contributed by atoms with Gasteiger partial charge < -0.3 is 10.1 Å². The lowest BCUT2D eigenvalue weighted by molar-refractivity contribution is -0.120. The van der Waals surface area contributed by atoms with Gasteiger partial charge in [-0.2, -0.15) is 0 Å². The second-order valence-corrected chi connectivity index (χ2v) is 10.8. The predicted octanol–water partition coefficient (Wildman–Crippen LogP) is 4.59. The molecule has 1 N–H and O–H groups in total. The summed E-state index contributed by atoms with van der Waals surface area (Å²) in [7, 11) is 0. The number of benzene rings is 1. The first-order valence-corrected chi connectivity index (χ1v) is 12.8. The van der Waals surface area contributed by atoms with Gasteiger partial charge in [0, 0.05) is 11.4 Å². The summed E-state index contributed by atoms with van der Waals surface area (Å²) in [5, 5.41) is 3.88. The second kappa shape index (κ2) is 9.67. The average Bonchev–Trinajstić information content (AvgIpc) is 3.34. The maximum atomic E-state index is 13.7. The largest absolute Gasteiger partial charge is 0.494 e. The molecule has 2 heterocycles. The number of nitrogens with one attached hydrogen (secondary N) is 1. The third-order valence-corrected chi connectivity index (χ3v) is 7.69. The molecule has 1 amide bonds. The van der Waals surface area contributed by atoms with Crippen LogP contribution in [0.25, 0.3) is 15.9 Å². The fourth-order valence-electron chi connectivity index (χ4n) is 3.85. The van der Waals surface area contributed by atoms with Crippen LogP contribution in [0.4, 0.5) is 0 Å². The Morgan fingerprint density at radius 3 is 2.69 bits per heavy atom. The number of carbonyl (C=O) groups is 1. The Bertz CT molecular complexity index is 1180. The number of carbonyl (C=O) groups excluding carboxylic acids is 1. The number of hydrogen-bond donors (Lipinski definition) is 1. The van der Waals surface area contributed by atoms with Gasteiger partial charge in [-0.15, -0.1) is 11.3 Å². The van der Waals surface area contributed by atoms with Crippen molar-refractivity contribution in [3.05, 3.63) is 45.1 Å². The van der Waals surface area contributed by atoms with Crippen LogP contribution in [0, 0.1) is 5.92 Å². The summed E-state index contributed by atoms with van der Waals surface area (Å²) in [6, 6.07) is 7.47. The van der Waals surface area contributed by atoms with Crippen LogP contribution in [0.5, 0.6) is 5.75 Å². The number of aryl methyl sites for hydroxylation is 2. The van der Waals surface area contributed by atoms with Crippen molar-refractivity contribution in [2.45, 2.75) is 57.4 Å². The lowest BCUT2D eigenvalue weighted by Gasteiger charge is -2.17. The first kappa shape index (κ1) is 22.9. The average molecular weight is 472 g/mol. The molecule has 1 aromatic carbocycles. The molecule has 0 bridgehead atoms. The zero-order valence-electron chi connectivity index (χ0n) is 18.9. The molecule has 2 aromatic heterocycles. The van der Waals surface area contributed by atoms with Crippen molar-refractivity contribution in [1.29, 1.82) is 0 Å². The third kappa shape index (κ3) is 4.57. The highest BCUT2D eigenvalue weighted by Crippen LogP contribution is 2.36. The quantitative estimate of drug-likeness (QED) is 0.384. The maximum Gasteiger partial charge on any atom is 0.267 e. The Balaban J connectivity index is 1.77. The molecule has 0 saturated carbocycles. The minimum Gasteiger partial charge on any atom is -0.494 e. The van der Waals surface area contributed by atoms with Crippen LogP contribution in [0.3, 0.4) is 0 Å². The maximum absolute atomic E-state index is 13.7. The van der Waals surface area contributed by atoms with Crippen molar-refractivity contribution in [3.8, 4) is 11.4 Å². The molecule has 0 saturated heterocycles. The van der Waals surface area contributed by atoms with E-state index in [0.717, 1.165) is 46.5 Å². The molecule has 0 aliphatic heterocycles. The standard InChI is InChI=1S/C24H29N3O3S2/c1-5-30-17-11-9-16(10-12-17)27-23(29)20-18-7-6-8-19(18)32-22(20)26-24(27)31-15(4)21(28)25-13-14(2)3/h9-12,14-15H,5-8,13H2,1-4H3,(H,25,28). The van der Waals surface area contributed by atoms with Crippen LogP contribution in [0.2, 0.25) is 0 Å². The number of aromatic nitrogens is 2. The molecule has 1 unspecified atom stereocenters. The number of thioether (sulfide) groups is 1. The highest BCUT2D eigenvalue weighted by molar-refractivity contribution is 8.00.